The normalized spacial score (nSPS) is 21.1. The molecular formula is C23H30N3O2Y+. The molecule has 3 N–H and O–H groups in total. The molecule has 0 bridgehead atoms. The Morgan fingerprint density at radius 2 is 1.72 bits per heavy atom. The minimum absolute atomic E-state index is 0. The van der Waals surface area contributed by atoms with E-state index in [-0.39, 0.29) is 50.4 Å². The average Bonchev–Trinajstić information content (AvgIpc) is 2.65. The number of nitrogens with two attached hydrogens (primary N) is 1. The number of benzene rings is 2. The first-order valence-corrected chi connectivity index (χ1v) is 9.93. The van der Waals surface area contributed by atoms with Crippen LogP contribution < -0.4 is 11.1 Å². The van der Waals surface area contributed by atoms with E-state index in [1.54, 1.807) is 0 Å². The minimum atomic E-state index is -0.259. The summed E-state index contributed by atoms with van der Waals surface area (Å²) in [6.45, 7) is 6.56. The number of quaternary nitrogens is 1. The molecule has 3 rings (SSSR count). The number of nitrogens with one attached hydrogen (secondary N) is 1. The van der Waals surface area contributed by atoms with Gasteiger partial charge in [-0.1, -0.05) is 48.5 Å². The van der Waals surface area contributed by atoms with Crippen molar-refractivity contribution in [3.8, 4) is 0 Å². The van der Waals surface area contributed by atoms with Gasteiger partial charge in [-0.05, 0) is 37.8 Å². The third-order valence-electron chi connectivity index (χ3n) is 5.78. The molecule has 2 unspecified atom stereocenters. The molecule has 0 aliphatic carbocycles. The van der Waals surface area contributed by atoms with Crippen molar-refractivity contribution in [2.24, 2.45) is 11.7 Å². The molecule has 1 saturated heterocycles. The number of aryl methyl sites for hydroxylation is 2. The van der Waals surface area contributed by atoms with Gasteiger partial charge in [0.25, 0.3) is 5.91 Å². The van der Waals surface area contributed by atoms with E-state index in [9.17, 15) is 9.59 Å². The average molecular weight is 469 g/mol. The molecule has 1 aliphatic rings. The molecule has 0 spiro atoms. The predicted octanol–water partition coefficient (Wildman–Crippen LogP) is 3.15. The van der Waals surface area contributed by atoms with Crippen LogP contribution in [0.4, 0.5) is 5.69 Å². The fourth-order valence-corrected chi connectivity index (χ4v) is 4.36. The van der Waals surface area contributed by atoms with Gasteiger partial charge in [0.05, 0.1) is 19.0 Å². The van der Waals surface area contributed by atoms with Crippen LogP contribution in [0.3, 0.4) is 0 Å². The molecule has 0 saturated carbocycles. The molecule has 2 amide bonds. The zero-order valence-corrected chi connectivity index (χ0v) is 20.2. The van der Waals surface area contributed by atoms with E-state index in [4.69, 9.17) is 5.73 Å². The molecule has 0 aromatic heterocycles. The first kappa shape index (κ1) is 23.7. The maximum atomic E-state index is 13.0. The van der Waals surface area contributed by atoms with Crippen molar-refractivity contribution in [2.45, 2.75) is 33.2 Å². The Labute approximate surface area is 198 Å². The van der Waals surface area contributed by atoms with Gasteiger partial charge in [-0.15, -0.1) is 0 Å². The van der Waals surface area contributed by atoms with E-state index in [0.29, 0.717) is 17.6 Å². The van der Waals surface area contributed by atoms with Gasteiger partial charge in [-0.3, -0.25) is 9.59 Å². The third-order valence-corrected chi connectivity index (χ3v) is 5.78. The molecular weight excluding hydrogens is 439 g/mol. The number of para-hydroxylation sites is 1. The van der Waals surface area contributed by atoms with Crippen molar-refractivity contribution in [2.75, 3.05) is 25.0 Å². The van der Waals surface area contributed by atoms with Gasteiger partial charge in [-0.25, -0.2) is 0 Å². The van der Waals surface area contributed by atoms with Crippen LogP contribution >= 0.6 is 0 Å². The van der Waals surface area contributed by atoms with Crippen molar-refractivity contribution in [3.63, 3.8) is 0 Å². The Bertz CT molecular complexity index is 836. The molecule has 1 radical (unpaired) electrons. The Morgan fingerprint density at radius 1 is 1.07 bits per heavy atom. The summed E-state index contributed by atoms with van der Waals surface area (Å²) < 4.78 is 0.564. The zero-order chi connectivity index (χ0) is 20.1. The third kappa shape index (κ3) is 6.21. The van der Waals surface area contributed by atoms with Gasteiger partial charge in [-0.2, -0.15) is 0 Å². The van der Waals surface area contributed by atoms with E-state index < -0.39 is 0 Å². The maximum absolute atomic E-state index is 13.0. The SMILES string of the molecule is Cc1cccc(C)c1NC(=O)C[N+]1(Cc2ccccc2)CCCC(C(N)=O)C1.[Y]. The summed E-state index contributed by atoms with van der Waals surface area (Å²) in [4.78, 5) is 24.9. The quantitative estimate of drug-likeness (QED) is 0.639. The van der Waals surface area contributed by atoms with Gasteiger partial charge in [0.15, 0.2) is 6.54 Å². The number of anilines is 1. The van der Waals surface area contributed by atoms with Crippen molar-refractivity contribution in [1.82, 2.24) is 0 Å². The Morgan fingerprint density at radius 3 is 2.34 bits per heavy atom. The monoisotopic (exact) mass is 469 g/mol. The second-order valence-corrected chi connectivity index (χ2v) is 8.11. The van der Waals surface area contributed by atoms with Crippen LogP contribution in [0.2, 0.25) is 0 Å². The standard InChI is InChI=1S/C23H29N3O2.Y/c1-17-8-6-9-18(2)22(17)25-21(27)16-26(14-19-10-4-3-5-11-19)13-7-12-20(15-26)23(24)28;/h3-6,8-11,20H,7,12-16H2,1-2H3,(H2-,24,25,27,28);/p+1. The van der Waals surface area contributed by atoms with Crippen LogP contribution in [0.1, 0.15) is 29.5 Å². The number of hydrogen-bond acceptors (Lipinski definition) is 2. The molecule has 151 valence electrons. The minimum Gasteiger partial charge on any atom is -0.369 e. The van der Waals surface area contributed by atoms with Crippen LogP contribution in [0.25, 0.3) is 0 Å². The number of carbonyl (C=O) groups is 2. The summed E-state index contributed by atoms with van der Waals surface area (Å²) in [7, 11) is 0. The fraction of sp³-hybridized carbons (Fsp3) is 0.391. The zero-order valence-electron chi connectivity index (χ0n) is 17.4. The van der Waals surface area contributed by atoms with E-state index in [2.05, 4.69) is 17.4 Å². The summed E-state index contributed by atoms with van der Waals surface area (Å²) in [5.74, 6) is -0.450. The first-order valence-electron chi connectivity index (χ1n) is 9.93. The molecule has 1 aliphatic heterocycles. The topological polar surface area (TPSA) is 72.2 Å². The molecule has 6 heteroatoms. The molecule has 1 heterocycles. The van der Waals surface area contributed by atoms with Gasteiger partial charge < -0.3 is 15.5 Å². The van der Waals surface area contributed by atoms with Gasteiger partial charge in [0.1, 0.15) is 6.54 Å². The number of hydrogen-bond donors (Lipinski definition) is 2. The summed E-state index contributed by atoms with van der Waals surface area (Å²) >= 11 is 0. The largest absolute Gasteiger partial charge is 0.369 e. The Kier molecular flexibility index (Phi) is 8.56. The van der Waals surface area contributed by atoms with E-state index in [1.807, 2.05) is 50.2 Å². The van der Waals surface area contributed by atoms with Crippen LogP contribution in [-0.4, -0.2) is 35.9 Å². The number of likely N-dealkylation sites (tertiary alicyclic amines) is 1. The predicted molar refractivity (Wildman–Crippen MR) is 111 cm³/mol. The summed E-state index contributed by atoms with van der Waals surface area (Å²) in [5.41, 5.74) is 9.79. The van der Waals surface area contributed by atoms with Crippen LogP contribution in [0, 0.1) is 19.8 Å². The number of nitrogens with zero attached hydrogens (tertiary/aromatic N) is 1. The molecule has 2 aromatic rings. The van der Waals surface area contributed by atoms with Crippen molar-refractivity contribution in [1.29, 1.82) is 0 Å². The Hall–Kier alpha value is -1.56. The van der Waals surface area contributed by atoms with Crippen molar-refractivity contribution < 1.29 is 46.8 Å². The van der Waals surface area contributed by atoms with Gasteiger partial charge >= 0.3 is 0 Å². The van der Waals surface area contributed by atoms with Crippen molar-refractivity contribution in [3.05, 3.63) is 65.2 Å². The first-order chi connectivity index (χ1) is 13.4. The van der Waals surface area contributed by atoms with E-state index in [0.717, 1.165) is 42.7 Å². The van der Waals surface area contributed by atoms with Gasteiger partial charge in [0.2, 0.25) is 5.91 Å². The second kappa shape index (κ2) is 10.5. The number of rotatable bonds is 6. The number of amides is 2. The molecule has 2 aromatic carbocycles. The number of carbonyl (C=O) groups excluding carboxylic acids is 2. The Balaban J connectivity index is 0.00000300. The van der Waals surface area contributed by atoms with Crippen LogP contribution in [0.5, 0.6) is 0 Å². The van der Waals surface area contributed by atoms with Crippen molar-refractivity contribution >= 4 is 17.5 Å². The summed E-state index contributed by atoms with van der Waals surface area (Å²) in [5, 5.41) is 3.11. The molecule has 5 nitrogen and oxygen atoms in total. The molecule has 1 fully saturated rings. The van der Waals surface area contributed by atoms with E-state index >= 15 is 0 Å². The fourth-order valence-electron chi connectivity index (χ4n) is 4.36. The summed E-state index contributed by atoms with van der Waals surface area (Å²) in [6.07, 6.45) is 1.71. The van der Waals surface area contributed by atoms with Gasteiger partial charge in [0, 0.05) is 44.0 Å². The van der Waals surface area contributed by atoms with E-state index in [1.165, 1.54) is 5.56 Å². The smallest absolute Gasteiger partial charge is 0.279 e. The maximum Gasteiger partial charge on any atom is 0.279 e. The number of piperidine rings is 1. The second-order valence-electron chi connectivity index (χ2n) is 8.11. The molecule has 2 atom stereocenters. The summed E-state index contributed by atoms with van der Waals surface area (Å²) in [6, 6.07) is 16.2. The van der Waals surface area contributed by atoms with Crippen LogP contribution in [-0.2, 0) is 48.8 Å². The number of primary amides is 1. The molecule has 29 heavy (non-hydrogen) atoms. The van der Waals surface area contributed by atoms with Crippen LogP contribution in [0.15, 0.2) is 48.5 Å².